The van der Waals surface area contributed by atoms with Crippen LogP contribution in [0, 0.1) is 5.82 Å². The fourth-order valence-corrected chi connectivity index (χ4v) is 4.71. The van der Waals surface area contributed by atoms with Gasteiger partial charge < -0.3 is 29.7 Å². The van der Waals surface area contributed by atoms with Gasteiger partial charge in [0, 0.05) is 50.2 Å². The number of ether oxygens (including phenoxy) is 3. The van der Waals surface area contributed by atoms with Crippen molar-refractivity contribution < 1.29 is 28.2 Å². The van der Waals surface area contributed by atoms with E-state index in [0.29, 0.717) is 85.3 Å². The van der Waals surface area contributed by atoms with Crippen molar-refractivity contribution in [1.29, 1.82) is 0 Å². The second kappa shape index (κ2) is 15.1. The summed E-state index contributed by atoms with van der Waals surface area (Å²) >= 11 is 6.17. The van der Waals surface area contributed by atoms with Crippen LogP contribution in [0.25, 0.3) is 10.9 Å². The lowest BCUT2D eigenvalue weighted by Gasteiger charge is -2.25. The molecule has 0 saturated heterocycles. The first-order valence-corrected chi connectivity index (χ1v) is 14.6. The van der Waals surface area contributed by atoms with Gasteiger partial charge in [-0.15, -0.1) is 0 Å². The third-order valence-electron chi connectivity index (χ3n) is 7.16. The third kappa shape index (κ3) is 8.88. The van der Waals surface area contributed by atoms with Crippen molar-refractivity contribution in [3.63, 3.8) is 0 Å². The summed E-state index contributed by atoms with van der Waals surface area (Å²) in [5.74, 6) is 0.545. The first kappa shape index (κ1) is 32.2. The molecule has 0 saturated carbocycles. The molecule has 0 spiro atoms. The molecule has 1 amide bonds. The molecule has 0 fully saturated rings. The minimum atomic E-state index is -0.553. The van der Waals surface area contributed by atoms with Crippen molar-refractivity contribution in [3.05, 3.63) is 47.0 Å². The van der Waals surface area contributed by atoms with Gasteiger partial charge in [-0.1, -0.05) is 11.6 Å². The van der Waals surface area contributed by atoms with Crippen LogP contribution in [0.5, 0.6) is 11.5 Å². The Bertz CT molecular complexity index is 1440. The molecule has 2 heterocycles. The third-order valence-corrected chi connectivity index (χ3v) is 7.45. The van der Waals surface area contributed by atoms with E-state index in [1.807, 2.05) is 25.1 Å². The molecule has 0 radical (unpaired) electrons. The number of nitrogens with one attached hydrogen (secondary N) is 2. The standard InChI is InChI=1S/C30H38ClFN6O5/c1-19-30(40)33-7-5-10-42-27-14-22-26(16-28(27)43-11-6-8-37(3)9-12-41-20(2)39)34-18-35-29(22)36-25-15-23(31)24(32)13-21(25)17-38(19)4/h13-16,18-19H,5-12,17H2,1-4H3,(H,33,40)(H,34,35,36)/t19-/m1/s1. The zero-order chi connectivity index (χ0) is 30.9. The van der Waals surface area contributed by atoms with Crippen LogP contribution in [0.4, 0.5) is 15.9 Å². The van der Waals surface area contributed by atoms with E-state index in [-0.39, 0.29) is 16.9 Å². The van der Waals surface area contributed by atoms with Gasteiger partial charge in [0.05, 0.1) is 29.8 Å². The zero-order valence-electron chi connectivity index (χ0n) is 24.9. The molecule has 1 aliphatic heterocycles. The first-order valence-electron chi connectivity index (χ1n) is 14.2. The van der Waals surface area contributed by atoms with Crippen molar-refractivity contribution in [1.82, 2.24) is 25.1 Å². The number of aromatic nitrogens is 2. The van der Waals surface area contributed by atoms with E-state index in [0.717, 1.165) is 13.0 Å². The van der Waals surface area contributed by atoms with E-state index < -0.39 is 11.9 Å². The smallest absolute Gasteiger partial charge is 0.302 e. The SMILES string of the molecule is CC(=O)OCCN(C)CCCOc1cc2ncnc3c2cc1OCCCNC(=O)[C@@H](C)N(C)Cc1cc(F)c(Cl)cc1N3. The molecular formula is C30H38ClFN6O5. The average Bonchev–Trinajstić information content (AvgIpc) is 2.96. The number of amides is 1. The largest absolute Gasteiger partial charge is 0.490 e. The lowest BCUT2D eigenvalue weighted by atomic mass is 10.1. The fraction of sp³-hybridized carbons (Fsp3) is 0.467. The zero-order valence-corrected chi connectivity index (χ0v) is 25.7. The second-order valence-electron chi connectivity index (χ2n) is 10.5. The van der Waals surface area contributed by atoms with Crippen molar-refractivity contribution in [2.75, 3.05) is 58.9 Å². The molecular weight excluding hydrogens is 579 g/mol. The molecule has 1 aromatic heterocycles. The molecule has 0 aliphatic carbocycles. The summed E-state index contributed by atoms with van der Waals surface area (Å²) in [6, 6.07) is 6.05. The normalized spacial score (nSPS) is 16.3. The van der Waals surface area contributed by atoms with Gasteiger partial charge in [0.2, 0.25) is 5.91 Å². The number of likely N-dealkylation sites (N-methyl/N-ethyl adjacent to an activating group) is 2. The molecule has 3 aromatic rings. The Morgan fingerprint density at radius 3 is 2.84 bits per heavy atom. The molecule has 1 aliphatic rings. The summed E-state index contributed by atoms with van der Waals surface area (Å²) in [6.45, 7) is 6.40. The number of esters is 1. The molecule has 43 heavy (non-hydrogen) atoms. The van der Waals surface area contributed by atoms with Crippen LogP contribution in [-0.4, -0.2) is 91.2 Å². The van der Waals surface area contributed by atoms with Crippen molar-refractivity contribution in [2.45, 2.75) is 39.3 Å². The Balaban J connectivity index is 1.60. The van der Waals surface area contributed by atoms with E-state index in [2.05, 4.69) is 25.5 Å². The minimum Gasteiger partial charge on any atom is -0.490 e. The Morgan fingerprint density at radius 2 is 2.05 bits per heavy atom. The Hall–Kier alpha value is -3.74. The van der Waals surface area contributed by atoms with Gasteiger partial charge in [-0.05, 0) is 57.6 Å². The summed E-state index contributed by atoms with van der Waals surface area (Å²) in [6.07, 6.45) is 2.75. The maximum absolute atomic E-state index is 14.6. The number of nitrogens with zero attached hydrogens (tertiary/aromatic N) is 4. The minimum absolute atomic E-state index is 0.0378. The summed E-state index contributed by atoms with van der Waals surface area (Å²) in [7, 11) is 3.76. The highest BCUT2D eigenvalue weighted by molar-refractivity contribution is 6.31. The van der Waals surface area contributed by atoms with Crippen LogP contribution in [0.2, 0.25) is 5.02 Å². The maximum Gasteiger partial charge on any atom is 0.302 e. The van der Waals surface area contributed by atoms with Crippen LogP contribution < -0.4 is 20.1 Å². The van der Waals surface area contributed by atoms with Crippen LogP contribution >= 0.6 is 11.6 Å². The van der Waals surface area contributed by atoms with E-state index >= 15 is 0 Å². The van der Waals surface area contributed by atoms with Crippen molar-refractivity contribution in [3.8, 4) is 11.5 Å². The highest BCUT2D eigenvalue weighted by atomic mass is 35.5. The van der Waals surface area contributed by atoms with Crippen LogP contribution in [0.1, 0.15) is 32.3 Å². The van der Waals surface area contributed by atoms with Gasteiger partial charge in [0.25, 0.3) is 0 Å². The molecule has 2 bridgehead atoms. The summed E-state index contributed by atoms with van der Waals surface area (Å²) in [5.41, 5.74) is 1.79. The fourth-order valence-electron chi connectivity index (χ4n) is 4.54. The number of hydrogen-bond acceptors (Lipinski definition) is 10. The highest BCUT2D eigenvalue weighted by Crippen LogP contribution is 2.36. The quantitative estimate of drug-likeness (QED) is 0.282. The predicted octanol–water partition coefficient (Wildman–Crippen LogP) is 4.15. The number of fused-ring (bicyclic) bond motifs is 2. The molecule has 232 valence electrons. The predicted molar refractivity (Wildman–Crippen MR) is 163 cm³/mol. The van der Waals surface area contributed by atoms with Gasteiger partial charge in [0.15, 0.2) is 11.5 Å². The van der Waals surface area contributed by atoms with Gasteiger partial charge in [-0.3, -0.25) is 14.5 Å². The number of halogens is 2. The number of benzene rings is 2. The van der Waals surface area contributed by atoms with Crippen molar-refractivity contribution >= 4 is 45.9 Å². The monoisotopic (exact) mass is 616 g/mol. The Kier molecular flexibility index (Phi) is 11.3. The van der Waals surface area contributed by atoms with E-state index in [4.69, 9.17) is 25.8 Å². The van der Waals surface area contributed by atoms with E-state index in [1.165, 1.54) is 25.4 Å². The molecule has 13 heteroatoms. The maximum atomic E-state index is 14.6. The lowest BCUT2D eigenvalue weighted by molar-refractivity contribution is -0.141. The molecule has 11 nitrogen and oxygen atoms in total. The van der Waals surface area contributed by atoms with Gasteiger partial charge in [0.1, 0.15) is 24.6 Å². The van der Waals surface area contributed by atoms with Gasteiger partial charge in [-0.25, -0.2) is 14.4 Å². The Morgan fingerprint density at radius 1 is 1.23 bits per heavy atom. The van der Waals surface area contributed by atoms with E-state index in [9.17, 15) is 14.0 Å². The number of hydrogen-bond donors (Lipinski definition) is 2. The molecule has 2 aromatic carbocycles. The number of rotatable bonds is 8. The molecule has 1 atom stereocenters. The summed E-state index contributed by atoms with van der Waals surface area (Å²) < 4.78 is 31.8. The number of carbonyl (C=O) groups excluding carboxylic acids is 2. The van der Waals surface area contributed by atoms with Gasteiger partial charge >= 0.3 is 5.97 Å². The molecule has 0 unspecified atom stereocenters. The molecule has 2 N–H and O–H groups in total. The van der Waals surface area contributed by atoms with Crippen LogP contribution in [0.15, 0.2) is 30.6 Å². The highest BCUT2D eigenvalue weighted by Gasteiger charge is 2.21. The average molecular weight is 617 g/mol. The Labute approximate surface area is 255 Å². The van der Waals surface area contributed by atoms with Crippen LogP contribution in [0.3, 0.4) is 0 Å². The van der Waals surface area contributed by atoms with E-state index in [1.54, 1.807) is 13.0 Å². The lowest BCUT2D eigenvalue weighted by Crippen LogP contribution is -2.43. The number of carbonyl (C=O) groups is 2. The second-order valence-corrected chi connectivity index (χ2v) is 10.9. The van der Waals surface area contributed by atoms with Crippen LogP contribution in [-0.2, 0) is 20.9 Å². The first-order chi connectivity index (χ1) is 20.6. The summed E-state index contributed by atoms with van der Waals surface area (Å²) in [4.78, 5) is 36.6. The van der Waals surface area contributed by atoms with Crippen molar-refractivity contribution in [2.24, 2.45) is 0 Å². The summed E-state index contributed by atoms with van der Waals surface area (Å²) in [5, 5.41) is 6.89. The topological polar surface area (TPSA) is 118 Å². The molecule has 4 rings (SSSR count). The van der Waals surface area contributed by atoms with Gasteiger partial charge in [-0.2, -0.15) is 0 Å². The number of anilines is 2.